The number of hydrazine groups is 1. The highest BCUT2D eigenvalue weighted by Gasteiger charge is 2.49. The van der Waals surface area contributed by atoms with Crippen LogP contribution in [0.5, 0.6) is 0 Å². The zero-order valence-corrected chi connectivity index (χ0v) is 20.1. The minimum atomic E-state index is -4.59. The summed E-state index contributed by atoms with van der Waals surface area (Å²) in [5.74, 6) is -0.403. The van der Waals surface area contributed by atoms with Gasteiger partial charge in [0.2, 0.25) is 5.96 Å². The third-order valence-corrected chi connectivity index (χ3v) is 7.92. The van der Waals surface area contributed by atoms with Crippen LogP contribution in [0.2, 0.25) is 5.02 Å². The van der Waals surface area contributed by atoms with E-state index in [4.69, 9.17) is 17.3 Å². The maximum atomic E-state index is 13.9. The third kappa shape index (κ3) is 4.86. The summed E-state index contributed by atoms with van der Waals surface area (Å²) in [6, 6.07) is 18.7. The molecule has 0 spiro atoms. The molecule has 0 radical (unpaired) electrons. The van der Waals surface area contributed by atoms with Crippen LogP contribution in [-0.2, 0) is 16.2 Å². The summed E-state index contributed by atoms with van der Waals surface area (Å²) < 4.78 is 68.2. The van der Waals surface area contributed by atoms with Gasteiger partial charge in [-0.05, 0) is 47.5 Å². The van der Waals surface area contributed by atoms with Crippen molar-refractivity contribution in [1.29, 1.82) is 0 Å². The lowest BCUT2D eigenvalue weighted by Gasteiger charge is -2.32. The highest BCUT2D eigenvalue weighted by Crippen LogP contribution is 2.46. The third-order valence-electron chi connectivity index (χ3n) is 5.89. The maximum Gasteiger partial charge on any atom is 0.416 e. The topological polar surface area (TPSA) is 79.0 Å². The van der Waals surface area contributed by atoms with Crippen molar-refractivity contribution in [2.24, 2.45) is 10.7 Å². The molecular weight excluding hydrogens is 501 g/mol. The molecule has 184 valence electrons. The van der Waals surface area contributed by atoms with E-state index in [0.717, 1.165) is 34.2 Å². The van der Waals surface area contributed by atoms with E-state index in [1.807, 2.05) is 30.3 Å². The summed E-state index contributed by atoms with van der Waals surface area (Å²) in [4.78, 5) is 3.69. The van der Waals surface area contributed by atoms with Crippen LogP contribution in [0.15, 0.2) is 88.8 Å². The first-order valence-electron chi connectivity index (χ1n) is 10.6. The Morgan fingerprint density at radius 2 is 1.57 bits per heavy atom. The molecule has 1 heterocycles. The van der Waals surface area contributed by atoms with Crippen LogP contribution in [-0.4, -0.2) is 37.4 Å². The number of hydrogen-bond donors (Lipinski definition) is 1. The predicted octanol–water partition coefficient (Wildman–Crippen LogP) is 5.05. The van der Waals surface area contributed by atoms with Gasteiger partial charge >= 0.3 is 6.18 Å². The van der Waals surface area contributed by atoms with E-state index >= 15 is 0 Å². The largest absolute Gasteiger partial charge is 0.416 e. The summed E-state index contributed by atoms with van der Waals surface area (Å²) in [7, 11) is -2.92. The second-order valence-corrected chi connectivity index (χ2v) is 10.2. The number of aliphatic imine (C=N–C) groups is 1. The van der Waals surface area contributed by atoms with E-state index in [2.05, 4.69) is 4.99 Å². The van der Waals surface area contributed by atoms with Crippen LogP contribution < -0.4 is 5.73 Å². The minimum Gasteiger partial charge on any atom is -0.369 e. The molecule has 35 heavy (non-hydrogen) atoms. The van der Waals surface area contributed by atoms with Crippen LogP contribution in [0.3, 0.4) is 0 Å². The van der Waals surface area contributed by atoms with Crippen molar-refractivity contribution in [1.82, 2.24) is 9.42 Å². The summed E-state index contributed by atoms with van der Waals surface area (Å²) in [6.07, 6.45) is -4.59. The quantitative estimate of drug-likeness (QED) is 0.384. The van der Waals surface area contributed by atoms with Crippen molar-refractivity contribution >= 4 is 27.6 Å². The van der Waals surface area contributed by atoms with Gasteiger partial charge in [-0.2, -0.15) is 13.2 Å². The van der Waals surface area contributed by atoms with E-state index in [1.165, 1.54) is 12.1 Å². The van der Waals surface area contributed by atoms with Crippen LogP contribution in [0.4, 0.5) is 13.2 Å². The van der Waals surface area contributed by atoms with Gasteiger partial charge in [-0.25, -0.2) is 8.42 Å². The molecule has 2 N–H and O–H groups in total. The second-order valence-electron chi connectivity index (χ2n) is 7.98. The van der Waals surface area contributed by atoms with Crippen LogP contribution in [0.1, 0.15) is 28.7 Å². The van der Waals surface area contributed by atoms with Crippen LogP contribution in [0.25, 0.3) is 0 Å². The molecule has 6 nitrogen and oxygen atoms in total. The number of hydrogen-bond acceptors (Lipinski definition) is 3. The molecule has 1 fully saturated rings. The van der Waals surface area contributed by atoms with E-state index in [0.29, 0.717) is 10.6 Å². The summed E-state index contributed by atoms with van der Waals surface area (Å²) >= 11 is 6.07. The first-order chi connectivity index (χ1) is 16.5. The molecule has 3 aromatic rings. The summed E-state index contributed by atoms with van der Waals surface area (Å²) in [6.45, 7) is 0.181. The average molecular weight is 523 g/mol. The molecular formula is C24H22ClF3N4O2S. The lowest BCUT2D eigenvalue weighted by molar-refractivity contribution is -0.137. The summed E-state index contributed by atoms with van der Waals surface area (Å²) in [5, 5.41) is 1.83. The van der Waals surface area contributed by atoms with Crippen LogP contribution in [0, 0.1) is 0 Å². The monoisotopic (exact) mass is 522 g/mol. The molecule has 1 unspecified atom stereocenters. The fraction of sp³-hybridized carbons (Fsp3) is 0.208. The zero-order valence-electron chi connectivity index (χ0n) is 18.5. The Morgan fingerprint density at radius 3 is 2.11 bits per heavy atom. The van der Waals surface area contributed by atoms with E-state index in [9.17, 15) is 21.6 Å². The smallest absolute Gasteiger partial charge is 0.369 e. The van der Waals surface area contributed by atoms with Crippen molar-refractivity contribution in [3.8, 4) is 0 Å². The highest BCUT2D eigenvalue weighted by molar-refractivity contribution is 7.89. The van der Waals surface area contributed by atoms with Crippen molar-refractivity contribution in [2.75, 3.05) is 13.6 Å². The van der Waals surface area contributed by atoms with Crippen molar-refractivity contribution in [3.05, 3.63) is 101 Å². The standard InChI is InChI=1S/C24H22ClF3N4O2S/c1-30-23(29)31-15-21(16-5-3-2-4-6-16)22(17-7-11-19(25)12-8-17)32(31)35(33,34)20-13-9-18(10-14-20)24(26,27)28/h2-14,21-22H,15H2,1H3,(H2,29,30)/t21-,22?/m1/s1. The SMILES string of the molecule is CN=C(N)N1C[C@H](c2ccccc2)C(c2ccc(Cl)cc2)N1S(=O)(=O)c1ccc(C(F)(F)F)cc1. The molecule has 0 aliphatic carbocycles. The number of alkyl halides is 3. The Kier molecular flexibility index (Phi) is 6.81. The van der Waals surface area contributed by atoms with Gasteiger partial charge in [0.1, 0.15) is 0 Å². The average Bonchev–Trinajstić information content (AvgIpc) is 3.26. The lowest BCUT2D eigenvalue weighted by atomic mass is 9.89. The van der Waals surface area contributed by atoms with Gasteiger partial charge in [0.25, 0.3) is 10.0 Å². The normalized spacial score (nSPS) is 19.8. The minimum absolute atomic E-state index is 0.0436. The number of halogens is 4. The number of nitrogens with zero attached hydrogens (tertiary/aromatic N) is 3. The van der Waals surface area contributed by atoms with E-state index in [-0.39, 0.29) is 23.3 Å². The Balaban J connectivity index is 1.89. The van der Waals surface area contributed by atoms with Crippen molar-refractivity contribution in [2.45, 2.75) is 23.0 Å². The van der Waals surface area contributed by atoms with Gasteiger partial charge in [0.05, 0.1) is 16.5 Å². The molecule has 0 bridgehead atoms. The molecule has 0 saturated carbocycles. The zero-order chi connectivity index (χ0) is 25.4. The first kappa shape index (κ1) is 25.0. The van der Waals surface area contributed by atoms with E-state index < -0.39 is 27.8 Å². The van der Waals surface area contributed by atoms with Gasteiger partial charge in [0.15, 0.2) is 0 Å². The maximum absolute atomic E-state index is 13.9. The molecule has 2 atom stereocenters. The molecule has 0 aromatic heterocycles. The van der Waals surface area contributed by atoms with Crippen molar-refractivity contribution < 1.29 is 21.6 Å². The van der Waals surface area contributed by atoms with Crippen LogP contribution >= 0.6 is 11.6 Å². The van der Waals surface area contributed by atoms with E-state index in [1.54, 1.807) is 24.3 Å². The van der Waals surface area contributed by atoms with Gasteiger partial charge in [-0.3, -0.25) is 10.0 Å². The molecule has 0 amide bonds. The molecule has 3 aromatic carbocycles. The van der Waals surface area contributed by atoms with Gasteiger partial charge < -0.3 is 5.73 Å². The first-order valence-corrected chi connectivity index (χ1v) is 12.4. The number of guanidine groups is 1. The molecule has 1 aliphatic rings. The lowest BCUT2D eigenvalue weighted by Crippen LogP contribution is -2.48. The van der Waals surface area contributed by atoms with Crippen molar-refractivity contribution in [3.63, 3.8) is 0 Å². The molecule has 11 heteroatoms. The second kappa shape index (κ2) is 9.52. The number of sulfonamides is 1. The number of benzene rings is 3. The Bertz CT molecular complexity index is 1320. The number of rotatable bonds is 4. The molecule has 1 aliphatic heterocycles. The Morgan fingerprint density at radius 1 is 0.971 bits per heavy atom. The fourth-order valence-electron chi connectivity index (χ4n) is 4.19. The Hall–Kier alpha value is -3.08. The fourth-order valence-corrected chi connectivity index (χ4v) is 5.99. The van der Waals surface area contributed by atoms with Gasteiger partial charge in [-0.1, -0.05) is 58.5 Å². The predicted molar refractivity (Wildman–Crippen MR) is 128 cm³/mol. The Labute approximate surface area is 206 Å². The van der Waals surface area contributed by atoms with Gasteiger partial charge in [0, 0.05) is 24.5 Å². The highest BCUT2D eigenvalue weighted by atomic mass is 35.5. The molecule has 1 saturated heterocycles. The molecule has 4 rings (SSSR count). The van der Waals surface area contributed by atoms with Gasteiger partial charge in [-0.15, -0.1) is 0 Å². The number of nitrogens with two attached hydrogens (primary N) is 1. The summed E-state index contributed by atoms with van der Waals surface area (Å²) in [5.41, 5.74) is 6.70.